The zero-order valence-electron chi connectivity index (χ0n) is 19.5. The van der Waals surface area contributed by atoms with Crippen molar-refractivity contribution in [2.75, 3.05) is 17.3 Å². The molecule has 0 unspecified atom stereocenters. The topological polar surface area (TPSA) is 77.4 Å². The molecule has 1 aromatic heterocycles. The zero-order valence-corrected chi connectivity index (χ0v) is 21.0. The van der Waals surface area contributed by atoms with Crippen LogP contribution in [0.4, 0.5) is 5.69 Å². The van der Waals surface area contributed by atoms with Crippen molar-refractivity contribution >= 4 is 35.0 Å². The van der Waals surface area contributed by atoms with Crippen molar-refractivity contribution in [3.8, 4) is 22.9 Å². The van der Waals surface area contributed by atoms with Crippen LogP contribution in [-0.2, 0) is 4.79 Å². The average Bonchev–Trinajstić information content (AvgIpc) is 2.98. The number of rotatable bonds is 8. The molecular formula is C25H27ClN4O3S. The highest BCUT2D eigenvalue weighted by atomic mass is 35.5. The normalized spacial score (nSPS) is 14.6. The molecule has 0 N–H and O–H groups in total. The molecule has 1 amide bonds. The number of ether oxygens (including phenoxy) is 2. The van der Waals surface area contributed by atoms with Crippen molar-refractivity contribution in [2.45, 2.75) is 51.4 Å². The molecule has 0 saturated carbocycles. The molecule has 0 spiro atoms. The molecule has 1 aliphatic rings. The molecular weight excluding hydrogens is 472 g/mol. The number of nitrogens with zero attached hydrogens (tertiary/aromatic N) is 4. The Balaban J connectivity index is 1.85. The van der Waals surface area contributed by atoms with Crippen molar-refractivity contribution in [1.29, 1.82) is 0 Å². The lowest BCUT2D eigenvalue weighted by Gasteiger charge is -2.30. The lowest BCUT2D eigenvalue weighted by Crippen LogP contribution is -2.37. The number of hydrogen-bond acceptors (Lipinski definition) is 7. The number of carbonyl (C=O) groups is 1. The molecule has 7 nitrogen and oxygen atoms in total. The maximum absolute atomic E-state index is 13.2. The summed E-state index contributed by atoms with van der Waals surface area (Å²) in [5.74, 6) is 1.87. The van der Waals surface area contributed by atoms with Crippen molar-refractivity contribution in [3.05, 3.63) is 53.1 Å². The predicted molar refractivity (Wildman–Crippen MR) is 135 cm³/mol. The van der Waals surface area contributed by atoms with Gasteiger partial charge in [0.25, 0.3) is 0 Å². The molecule has 1 atom stereocenters. The lowest BCUT2D eigenvalue weighted by molar-refractivity contribution is -0.120. The number of unbranched alkanes of at least 4 members (excludes halogenated alkanes) is 1. The van der Waals surface area contributed by atoms with Crippen LogP contribution in [0, 0.1) is 0 Å². The third kappa shape index (κ3) is 5.13. The summed E-state index contributed by atoms with van der Waals surface area (Å²) in [6, 6.07) is 12.9. The third-order valence-corrected chi connectivity index (χ3v) is 6.50. The standard InChI is InChI=1S/C25H27ClN4O3S/c1-4-7-14-34-25-27-23-22(28-29-25)19-15-17(26)10-13-20(19)30(21(31)5-2)24(33-23)16-8-11-18(12-9-16)32-6-3/h8-13,15,24H,4-7,14H2,1-3H3/t24-/m1/s1. The molecule has 4 rings (SSSR count). The molecule has 0 aliphatic carbocycles. The number of anilines is 1. The Morgan fingerprint density at radius 3 is 2.65 bits per heavy atom. The van der Waals surface area contributed by atoms with Gasteiger partial charge in [-0.05, 0) is 55.8 Å². The first kappa shape index (κ1) is 24.3. The Kier molecular flexibility index (Phi) is 7.90. The second-order valence-corrected chi connectivity index (χ2v) is 9.20. The van der Waals surface area contributed by atoms with Crippen LogP contribution < -0.4 is 14.4 Å². The Morgan fingerprint density at radius 2 is 1.94 bits per heavy atom. The summed E-state index contributed by atoms with van der Waals surface area (Å²) in [5.41, 5.74) is 2.55. The van der Waals surface area contributed by atoms with Gasteiger partial charge in [-0.15, -0.1) is 10.2 Å². The van der Waals surface area contributed by atoms with E-state index in [4.69, 9.17) is 21.1 Å². The van der Waals surface area contributed by atoms with Crippen LogP contribution in [0.5, 0.6) is 11.6 Å². The van der Waals surface area contributed by atoms with Gasteiger partial charge in [-0.2, -0.15) is 4.98 Å². The number of thioether (sulfide) groups is 1. The number of amides is 1. The van der Waals surface area contributed by atoms with Crippen LogP contribution in [0.15, 0.2) is 47.6 Å². The summed E-state index contributed by atoms with van der Waals surface area (Å²) in [6.07, 6.45) is 1.70. The molecule has 3 aromatic rings. The second-order valence-electron chi connectivity index (χ2n) is 7.70. The SMILES string of the molecule is CCCCSc1nnc2c(n1)O[C@H](c1ccc(OCC)cc1)N(C(=O)CC)c1ccc(Cl)cc1-2. The maximum atomic E-state index is 13.2. The van der Waals surface area contributed by atoms with Gasteiger partial charge < -0.3 is 9.47 Å². The molecule has 2 aromatic carbocycles. The van der Waals surface area contributed by atoms with Crippen molar-refractivity contribution in [2.24, 2.45) is 0 Å². The van der Waals surface area contributed by atoms with E-state index in [1.54, 1.807) is 17.0 Å². The Hall–Kier alpha value is -2.84. The molecule has 34 heavy (non-hydrogen) atoms. The van der Waals surface area contributed by atoms with E-state index in [0.29, 0.717) is 46.0 Å². The Morgan fingerprint density at radius 1 is 1.15 bits per heavy atom. The van der Waals surface area contributed by atoms with Gasteiger partial charge in [0.1, 0.15) is 5.75 Å². The highest BCUT2D eigenvalue weighted by Crippen LogP contribution is 2.44. The molecule has 0 saturated heterocycles. The van der Waals surface area contributed by atoms with Gasteiger partial charge in [-0.3, -0.25) is 9.69 Å². The third-order valence-electron chi connectivity index (χ3n) is 5.34. The quantitative estimate of drug-likeness (QED) is 0.265. The molecule has 9 heteroatoms. The first-order valence-electron chi connectivity index (χ1n) is 11.4. The first-order valence-corrected chi connectivity index (χ1v) is 12.8. The smallest absolute Gasteiger partial charge is 0.247 e. The molecule has 1 aliphatic heterocycles. The summed E-state index contributed by atoms with van der Waals surface area (Å²) in [4.78, 5) is 19.6. The van der Waals surface area contributed by atoms with Gasteiger partial charge in [0.15, 0.2) is 5.69 Å². The van der Waals surface area contributed by atoms with Crippen LogP contribution in [0.25, 0.3) is 11.3 Å². The van der Waals surface area contributed by atoms with Crippen LogP contribution in [-0.4, -0.2) is 33.4 Å². The Labute approximate surface area is 208 Å². The fraction of sp³-hybridized carbons (Fsp3) is 0.360. The van der Waals surface area contributed by atoms with Gasteiger partial charge in [0, 0.05) is 28.3 Å². The zero-order chi connectivity index (χ0) is 24.1. The average molecular weight is 499 g/mol. The lowest BCUT2D eigenvalue weighted by atomic mass is 10.1. The second kappa shape index (κ2) is 11.1. The van der Waals surface area contributed by atoms with E-state index in [1.165, 1.54) is 11.8 Å². The van der Waals surface area contributed by atoms with Crippen LogP contribution in [0.2, 0.25) is 5.02 Å². The van der Waals surface area contributed by atoms with E-state index in [9.17, 15) is 4.79 Å². The Bertz CT molecular complexity index is 1160. The monoisotopic (exact) mass is 498 g/mol. The number of aromatic nitrogens is 3. The molecule has 0 radical (unpaired) electrons. The molecule has 0 bridgehead atoms. The van der Waals surface area contributed by atoms with E-state index in [0.717, 1.165) is 29.9 Å². The van der Waals surface area contributed by atoms with Gasteiger partial charge in [0.05, 0.1) is 12.3 Å². The van der Waals surface area contributed by atoms with Gasteiger partial charge in [-0.1, -0.05) is 43.6 Å². The minimum Gasteiger partial charge on any atom is -0.494 e. The predicted octanol–water partition coefficient (Wildman–Crippen LogP) is 6.32. The summed E-state index contributed by atoms with van der Waals surface area (Å²) < 4.78 is 12.0. The molecule has 2 heterocycles. The van der Waals surface area contributed by atoms with E-state index >= 15 is 0 Å². The van der Waals surface area contributed by atoms with E-state index in [1.807, 2.05) is 44.2 Å². The fourth-order valence-corrected chi connectivity index (χ4v) is 4.69. The summed E-state index contributed by atoms with van der Waals surface area (Å²) >= 11 is 7.88. The minimum atomic E-state index is -0.741. The fourth-order valence-electron chi connectivity index (χ4n) is 3.66. The summed E-state index contributed by atoms with van der Waals surface area (Å²) in [6.45, 7) is 6.47. The summed E-state index contributed by atoms with van der Waals surface area (Å²) in [7, 11) is 0. The number of benzene rings is 2. The number of fused-ring (bicyclic) bond motifs is 3. The van der Waals surface area contributed by atoms with E-state index < -0.39 is 6.23 Å². The minimum absolute atomic E-state index is 0.0965. The van der Waals surface area contributed by atoms with Crippen molar-refractivity contribution in [1.82, 2.24) is 15.2 Å². The van der Waals surface area contributed by atoms with Crippen LogP contribution in [0.1, 0.15) is 51.8 Å². The van der Waals surface area contributed by atoms with Crippen LogP contribution >= 0.6 is 23.4 Å². The van der Waals surface area contributed by atoms with Crippen LogP contribution in [0.3, 0.4) is 0 Å². The van der Waals surface area contributed by atoms with E-state index in [-0.39, 0.29) is 5.91 Å². The highest BCUT2D eigenvalue weighted by molar-refractivity contribution is 7.99. The van der Waals surface area contributed by atoms with E-state index in [2.05, 4.69) is 22.1 Å². The maximum Gasteiger partial charge on any atom is 0.247 e. The van der Waals surface area contributed by atoms with Crippen molar-refractivity contribution < 1.29 is 14.3 Å². The van der Waals surface area contributed by atoms with Crippen molar-refractivity contribution in [3.63, 3.8) is 0 Å². The first-order chi connectivity index (χ1) is 16.5. The van der Waals surface area contributed by atoms with Gasteiger partial charge in [0.2, 0.25) is 23.2 Å². The van der Waals surface area contributed by atoms with Gasteiger partial charge in [-0.25, -0.2) is 0 Å². The summed E-state index contributed by atoms with van der Waals surface area (Å²) in [5, 5.41) is 9.83. The molecule has 0 fully saturated rings. The number of carbonyl (C=O) groups excluding carboxylic acids is 1. The largest absolute Gasteiger partial charge is 0.494 e. The number of halogens is 1. The van der Waals surface area contributed by atoms with Gasteiger partial charge >= 0.3 is 0 Å². The molecule has 178 valence electrons. The highest BCUT2D eigenvalue weighted by Gasteiger charge is 2.35. The number of hydrogen-bond donors (Lipinski definition) is 0.